The number of piperidine rings is 1. The fraction of sp³-hybridized carbons (Fsp3) is 0.556. The average Bonchev–Trinajstić information content (AvgIpc) is 2.61. The summed E-state index contributed by atoms with van der Waals surface area (Å²) in [5.74, 6) is -1.07. The molecule has 6 nitrogen and oxygen atoms in total. The Kier molecular flexibility index (Phi) is 5.58. The molecule has 0 aromatic heterocycles. The summed E-state index contributed by atoms with van der Waals surface area (Å²) in [7, 11) is 0. The Morgan fingerprint density at radius 3 is 2.62 bits per heavy atom. The molecule has 1 heterocycles. The molecule has 2 N–H and O–H groups in total. The number of hydrogen-bond donors (Lipinski definition) is 2. The van der Waals surface area contributed by atoms with Crippen LogP contribution >= 0.6 is 0 Å². The number of carboxylic acid groups (broad SMARTS) is 1. The van der Waals surface area contributed by atoms with Crippen LogP contribution in [0.1, 0.15) is 42.9 Å². The lowest BCUT2D eigenvalue weighted by Crippen LogP contribution is -2.46. The highest BCUT2D eigenvalue weighted by Crippen LogP contribution is 2.33. The van der Waals surface area contributed by atoms with Gasteiger partial charge in [-0.25, -0.2) is 4.79 Å². The zero-order chi connectivity index (χ0) is 18.7. The maximum absolute atomic E-state index is 12.5. The zero-order valence-corrected chi connectivity index (χ0v) is 14.3. The number of carbonyl (C=O) groups excluding carboxylic acids is 1. The largest absolute Gasteiger partial charge is 0.481 e. The SMILES string of the molecule is O=C(O)C1CCN(C(=O)NC2CCCc3cc(OC(F)F)ccc32)CC1. The molecular formula is C18H22F2N2O4. The van der Waals surface area contributed by atoms with E-state index in [0.29, 0.717) is 25.9 Å². The number of urea groups is 1. The van der Waals surface area contributed by atoms with Crippen molar-refractivity contribution in [3.8, 4) is 5.75 Å². The van der Waals surface area contributed by atoms with Crippen LogP contribution in [0.15, 0.2) is 18.2 Å². The van der Waals surface area contributed by atoms with Gasteiger partial charge in [-0.15, -0.1) is 0 Å². The minimum absolute atomic E-state index is 0.126. The van der Waals surface area contributed by atoms with Gasteiger partial charge in [-0.2, -0.15) is 8.78 Å². The van der Waals surface area contributed by atoms with Crippen LogP contribution in [0.2, 0.25) is 0 Å². The first-order chi connectivity index (χ1) is 12.4. The van der Waals surface area contributed by atoms with Crippen molar-refractivity contribution in [1.82, 2.24) is 10.2 Å². The lowest BCUT2D eigenvalue weighted by Gasteiger charge is -2.33. The lowest BCUT2D eigenvalue weighted by molar-refractivity contribution is -0.143. The number of carbonyl (C=O) groups is 2. The highest BCUT2D eigenvalue weighted by molar-refractivity contribution is 5.76. The second kappa shape index (κ2) is 7.88. The van der Waals surface area contributed by atoms with Crippen molar-refractivity contribution < 1.29 is 28.2 Å². The van der Waals surface area contributed by atoms with Gasteiger partial charge in [0.05, 0.1) is 12.0 Å². The van der Waals surface area contributed by atoms with Gasteiger partial charge in [-0.05, 0) is 55.4 Å². The van der Waals surface area contributed by atoms with E-state index in [2.05, 4.69) is 10.1 Å². The summed E-state index contributed by atoms with van der Waals surface area (Å²) >= 11 is 0. The van der Waals surface area contributed by atoms with Crippen LogP contribution in [0.3, 0.4) is 0 Å². The third-order valence-corrected chi connectivity index (χ3v) is 5.08. The van der Waals surface area contributed by atoms with Gasteiger partial charge >= 0.3 is 18.6 Å². The summed E-state index contributed by atoms with van der Waals surface area (Å²) in [5.41, 5.74) is 1.83. The molecule has 0 saturated carbocycles. The van der Waals surface area contributed by atoms with Crippen molar-refractivity contribution in [2.45, 2.75) is 44.8 Å². The van der Waals surface area contributed by atoms with Crippen LogP contribution in [0.5, 0.6) is 5.75 Å². The molecule has 1 aromatic rings. The second-order valence-electron chi connectivity index (χ2n) is 6.73. The standard InChI is InChI=1S/C18H22F2N2O4/c19-17(20)26-13-4-5-14-12(10-13)2-1-3-15(14)21-18(25)22-8-6-11(7-9-22)16(23)24/h4-5,10-11,15,17H,1-3,6-9H2,(H,21,25)(H,23,24). The van der Waals surface area contributed by atoms with Crippen molar-refractivity contribution in [3.05, 3.63) is 29.3 Å². The van der Waals surface area contributed by atoms with Crippen LogP contribution in [-0.4, -0.2) is 41.7 Å². The van der Waals surface area contributed by atoms with Gasteiger partial charge in [0.25, 0.3) is 0 Å². The number of halogens is 2. The summed E-state index contributed by atoms with van der Waals surface area (Å²) in [6.45, 7) is -2.02. The predicted octanol–water partition coefficient (Wildman–Crippen LogP) is 3.17. The second-order valence-corrected chi connectivity index (χ2v) is 6.73. The van der Waals surface area contributed by atoms with E-state index < -0.39 is 12.6 Å². The van der Waals surface area contributed by atoms with Crippen molar-refractivity contribution in [2.24, 2.45) is 5.92 Å². The third-order valence-electron chi connectivity index (χ3n) is 5.08. The van der Waals surface area contributed by atoms with Crippen molar-refractivity contribution in [2.75, 3.05) is 13.1 Å². The molecular weight excluding hydrogens is 346 g/mol. The van der Waals surface area contributed by atoms with E-state index >= 15 is 0 Å². The van der Waals surface area contributed by atoms with Crippen LogP contribution < -0.4 is 10.1 Å². The number of likely N-dealkylation sites (tertiary alicyclic amines) is 1. The van der Waals surface area contributed by atoms with E-state index in [1.165, 1.54) is 6.07 Å². The van der Waals surface area contributed by atoms with E-state index in [4.69, 9.17) is 5.11 Å². The number of nitrogens with one attached hydrogen (secondary N) is 1. The van der Waals surface area contributed by atoms with Crippen LogP contribution in [-0.2, 0) is 11.2 Å². The van der Waals surface area contributed by atoms with Crippen molar-refractivity contribution in [1.29, 1.82) is 0 Å². The van der Waals surface area contributed by atoms with Gasteiger partial charge in [-0.3, -0.25) is 4.79 Å². The van der Waals surface area contributed by atoms with Crippen LogP contribution in [0.4, 0.5) is 13.6 Å². The van der Waals surface area contributed by atoms with E-state index in [1.54, 1.807) is 17.0 Å². The molecule has 1 unspecified atom stereocenters. The average molecular weight is 368 g/mol. The lowest BCUT2D eigenvalue weighted by atomic mass is 9.87. The minimum Gasteiger partial charge on any atom is -0.481 e. The maximum atomic E-state index is 12.5. The van der Waals surface area contributed by atoms with Gasteiger partial charge in [0, 0.05) is 13.1 Å². The Hall–Kier alpha value is -2.38. The first-order valence-electron chi connectivity index (χ1n) is 8.80. The summed E-state index contributed by atoms with van der Waals surface area (Å²) in [6, 6.07) is 4.45. The molecule has 2 aliphatic rings. The zero-order valence-electron chi connectivity index (χ0n) is 14.3. The number of benzene rings is 1. The third kappa shape index (κ3) is 4.23. The molecule has 142 valence electrons. The van der Waals surface area contributed by atoms with Gasteiger partial charge < -0.3 is 20.1 Å². The van der Waals surface area contributed by atoms with Gasteiger partial charge in [-0.1, -0.05) is 6.07 Å². The molecule has 0 radical (unpaired) electrons. The summed E-state index contributed by atoms with van der Waals surface area (Å²) < 4.78 is 29.2. The predicted molar refractivity (Wildman–Crippen MR) is 89.2 cm³/mol. The summed E-state index contributed by atoms with van der Waals surface area (Å²) in [5, 5.41) is 12.0. The van der Waals surface area contributed by atoms with E-state index in [1.807, 2.05) is 0 Å². The number of aliphatic carboxylic acids is 1. The molecule has 1 aliphatic heterocycles. The monoisotopic (exact) mass is 368 g/mol. The Balaban J connectivity index is 1.63. The number of hydrogen-bond acceptors (Lipinski definition) is 3. The molecule has 1 saturated heterocycles. The number of carboxylic acids is 1. The minimum atomic E-state index is -2.86. The molecule has 8 heteroatoms. The maximum Gasteiger partial charge on any atom is 0.387 e. The quantitative estimate of drug-likeness (QED) is 0.856. The number of aryl methyl sites for hydroxylation is 1. The van der Waals surface area contributed by atoms with Crippen LogP contribution in [0.25, 0.3) is 0 Å². The normalized spacial score (nSPS) is 20.6. The Bertz CT molecular complexity index is 675. The van der Waals surface area contributed by atoms with E-state index in [-0.39, 0.29) is 23.7 Å². The molecule has 0 bridgehead atoms. The molecule has 1 atom stereocenters. The number of fused-ring (bicyclic) bond motifs is 1. The first kappa shape index (κ1) is 18.4. The topological polar surface area (TPSA) is 78.9 Å². The highest BCUT2D eigenvalue weighted by Gasteiger charge is 2.29. The van der Waals surface area contributed by atoms with Gasteiger partial charge in [0.1, 0.15) is 5.75 Å². The molecule has 1 aliphatic carbocycles. The molecule has 0 spiro atoms. The van der Waals surface area contributed by atoms with E-state index in [0.717, 1.165) is 30.4 Å². The molecule has 3 rings (SSSR count). The van der Waals surface area contributed by atoms with Gasteiger partial charge in [0.2, 0.25) is 0 Å². The first-order valence-corrected chi connectivity index (χ1v) is 8.80. The molecule has 2 amide bonds. The Labute approximate surface area is 150 Å². The number of rotatable bonds is 4. The summed E-state index contributed by atoms with van der Waals surface area (Å²) in [6.07, 6.45) is 3.29. The molecule has 1 aromatic carbocycles. The van der Waals surface area contributed by atoms with Crippen LogP contribution in [0, 0.1) is 5.92 Å². The molecule has 1 fully saturated rings. The fourth-order valence-corrected chi connectivity index (χ4v) is 3.69. The van der Waals surface area contributed by atoms with E-state index in [9.17, 15) is 18.4 Å². The Morgan fingerprint density at radius 1 is 1.23 bits per heavy atom. The number of ether oxygens (including phenoxy) is 1. The van der Waals surface area contributed by atoms with Gasteiger partial charge in [0.15, 0.2) is 0 Å². The van der Waals surface area contributed by atoms with Crippen molar-refractivity contribution >= 4 is 12.0 Å². The smallest absolute Gasteiger partial charge is 0.387 e. The number of amides is 2. The number of alkyl halides is 2. The van der Waals surface area contributed by atoms with Crippen molar-refractivity contribution in [3.63, 3.8) is 0 Å². The Morgan fingerprint density at radius 2 is 1.96 bits per heavy atom. The highest BCUT2D eigenvalue weighted by atomic mass is 19.3. The fourth-order valence-electron chi connectivity index (χ4n) is 3.69. The molecule has 26 heavy (non-hydrogen) atoms. The number of nitrogens with zero attached hydrogens (tertiary/aromatic N) is 1. The summed E-state index contributed by atoms with van der Waals surface area (Å²) in [4.78, 5) is 25.2.